The van der Waals surface area contributed by atoms with E-state index in [1.807, 2.05) is 20.8 Å². The fraction of sp³-hybridized carbons (Fsp3) is 0.875. The van der Waals surface area contributed by atoms with Crippen LogP contribution in [-0.4, -0.2) is 28.5 Å². The van der Waals surface area contributed by atoms with E-state index in [9.17, 15) is 9.18 Å². The second-order valence-electron chi connectivity index (χ2n) is 4.07. The average Bonchev–Trinajstić information content (AvgIpc) is 1.82. The van der Waals surface area contributed by atoms with Gasteiger partial charge < -0.3 is 10.2 Å². The van der Waals surface area contributed by atoms with Crippen molar-refractivity contribution in [1.82, 2.24) is 0 Å². The van der Waals surface area contributed by atoms with Crippen LogP contribution in [0.3, 0.4) is 0 Å². The third-order valence-electron chi connectivity index (χ3n) is 1.40. The van der Waals surface area contributed by atoms with Gasteiger partial charge in [-0.05, 0) is 11.8 Å². The van der Waals surface area contributed by atoms with Crippen LogP contribution in [0.1, 0.15) is 27.2 Å². The predicted molar refractivity (Wildman–Crippen MR) is 42.6 cm³/mol. The van der Waals surface area contributed by atoms with Crippen molar-refractivity contribution < 1.29 is 19.4 Å². The lowest BCUT2D eigenvalue weighted by Crippen LogP contribution is -2.33. The van der Waals surface area contributed by atoms with E-state index in [4.69, 9.17) is 10.2 Å². The molecule has 0 aromatic carbocycles. The molecule has 0 saturated heterocycles. The molecule has 72 valence electrons. The fourth-order valence-corrected chi connectivity index (χ4v) is 0.895. The zero-order chi connectivity index (χ0) is 9.94. The maximum atomic E-state index is 12.6. The maximum Gasteiger partial charge on any atom is 0.341 e. The van der Waals surface area contributed by atoms with Crippen LogP contribution < -0.4 is 0 Å². The zero-order valence-corrected chi connectivity index (χ0v) is 7.54. The Hall–Kier alpha value is -0.640. The van der Waals surface area contributed by atoms with Crippen molar-refractivity contribution >= 4 is 5.97 Å². The van der Waals surface area contributed by atoms with E-state index >= 15 is 0 Å². The lowest BCUT2D eigenvalue weighted by molar-refractivity contribution is -0.147. The molecule has 0 aliphatic heterocycles. The number of carboxylic acids is 1. The smallest absolute Gasteiger partial charge is 0.341 e. The Morgan fingerprint density at radius 1 is 1.50 bits per heavy atom. The SMILES string of the molecule is CC(C)(C)CC(O)C(F)C(=O)O. The number of aliphatic hydroxyl groups excluding tert-OH is 1. The molecule has 2 atom stereocenters. The normalized spacial score (nSPS) is 17.1. The Morgan fingerprint density at radius 2 is 1.92 bits per heavy atom. The molecule has 0 rings (SSSR count). The molecule has 0 aromatic rings. The van der Waals surface area contributed by atoms with Gasteiger partial charge in [-0.25, -0.2) is 9.18 Å². The summed E-state index contributed by atoms with van der Waals surface area (Å²) in [5.41, 5.74) is -0.265. The van der Waals surface area contributed by atoms with Gasteiger partial charge in [0.25, 0.3) is 0 Å². The highest BCUT2D eigenvalue weighted by Crippen LogP contribution is 2.22. The molecule has 0 fully saturated rings. The third-order valence-corrected chi connectivity index (χ3v) is 1.40. The number of halogens is 1. The first-order chi connectivity index (χ1) is 5.24. The Bertz CT molecular complexity index is 162. The van der Waals surface area contributed by atoms with Gasteiger partial charge in [-0.2, -0.15) is 0 Å². The van der Waals surface area contributed by atoms with Gasteiger partial charge in [-0.3, -0.25) is 0 Å². The molecule has 0 bridgehead atoms. The van der Waals surface area contributed by atoms with Gasteiger partial charge >= 0.3 is 5.97 Å². The molecule has 4 heteroatoms. The van der Waals surface area contributed by atoms with E-state index in [2.05, 4.69) is 0 Å². The Kier molecular flexibility index (Phi) is 3.64. The molecule has 0 radical (unpaired) electrons. The second kappa shape index (κ2) is 3.85. The minimum absolute atomic E-state index is 0.139. The molecule has 2 N–H and O–H groups in total. The van der Waals surface area contributed by atoms with Crippen LogP contribution in [0.15, 0.2) is 0 Å². The average molecular weight is 178 g/mol. The van der Waals surface area contributed by atoms with Gasteiger partial charge in [0.2, 0.25) is 6.17 Å². The van der Waals surface area contributed by atoms with Crippen LogP contribution in [-0.2, 0) is 4.79 Å². The van der Waals surface area contributed by atoms with Gasteiger partial charge in [0.15, 0.2) is 0 Å². The summed E-state index contributed by atoms with van der Waals surface area (Å²) in [6, 6.07) is 0. The quantitative estimate of drug-likeness (QED) is 0.682. The van der Waals surface area contributed by atoms with E-state index in [-0.39, 0.29) is 11.8 Å². The van der Waals surface area contributed by atoms with Gasteiger partial charge in [-0.1, -0.05) is 20.8 Å². The minimum Gasteiger partial charge on any atom is -0.479 e. The summed E-state index contributed by atoms with van der Waals surface area (Å²) in [5.74, 6) is -1.60. The number of carbonyl (C=O) groups is 1. The van der Waals surface area contributed by atoms with E-state index < -0.39 is 18.2 Å². The Morgan fingerprint density at radius 3 is 2.17 bits per heavy atom. The fourth-order valence-electron chi connectivity index (χ4n) is 0.895. The highest BCUT2D eigenvalue weighted by Gasteiger charge is 2.29. The number of rotatable bonds is 3. The molecule has 0 aliphatic rings. The zero-order valence-electron chi connectivity index (χ0n) is 7.54. The molecular formula is C8H15FO3. The van der Waals surface area contributed by atoms with Gasteiger partial charge in [0.05, 0.1) is 6.10 Å². The summed E-state index contributed by atoms with van der Waals surface area (Å²) in [5, 5.41) is 17.3. The molecule has 12 heavy (non-hydrogen) atoms. The molecule has 0 saturated carbocycles. The van der Waals surface area contributed by atoms with Crippen molar-refractivity contribution in [3.63, 3.8) is 0 Å². The first-order valence-corrected chi connectivity index (χ1v) is 3.79. The predicted octanol–water partition coefficient (Wildman–Crippen LogP) is 1.21. The van der Waals surface area contributed by atoms with Crippen molar-refractivity contribution in [2.45, 2.75) is 39.5 Å². The van der Waals surface area contributed by atoms with E-state index in [1.165, 1.54) is 0 Å². The molecule has 0 amide bonds. The van der Waals surface area contributed by atoms with Gasteiger partial charge in [0, 0.05) is 0 Å². The highest BCUT2D eigenvalue weighted by atomic mass is 19.1. The van der Waals surface area contributed by atoms with Crippen LogP contribution in [0.25, 0.3) is 0 Å². The summed E-state index contributed by atoms with van der Waals surface area (Å²) >= 11 is 0. The van der Waals surface area contributed by atoms with Crippen molar-refractivity contribution in [3.8, 4) is 0 Å². The number of carboxylic acid groups (broad SMARTS) is 1. The third kappa shape index (κ3) is 4.28. The number of hydrogen-bond acceptors (Lipinski definition) is 2. The van der Waals surface area contributed by atoms with Crippen LogP contribution in [0, 0.1) is 5.41 Å². The Balaban J connectivity index is 4.04. The van der Waals surface area contributed by atoms with Crippen molar-refractivity contribution in [3.05, 3.63) is 0 Å². The lowest BCUT2D eigenvalue weighted by atomic mass is 9.88. The first kappa shape index (κ1) is 11.4. The van der Waals surface area contributed by atoms with Crippen molar-refractivity contribution in [2.24, 2.45) is 5.41 Å². The molecule has 2 unspecified atom stereocenters. The van der Waals surface area contributed by atoms with E-state index in [0.29, 0.717) is 0 Å². The molecule has 0 spiro atoms. The summed E-state index contributed by atoms with van der Waals surface area (Å²) in [4.78, 5) is 10.1. The van der Waals surface area contributed by atoms with Crippen molar-refractivity contribution in [1.29, 1.82) is 0 Å². The van der Waals surface area contributed by atoms with Gasteiger partial charge in [-0.15, -0.1) is 0 Å². The van der Waals surface area contributed by atoms with Crippen LogP contribution in [0.2, 0.25) is 0 Å². The van der Waals surface area contributed by atoms with Crippen LogP contribution in [0.4, 0.5) is 4.39 Å². The second-order valence-corrected chi connectivity index (χ2v) is 4.07. The molecule has 0 aliphatic carbocycles. The topological polar surface area (TPSA) is 57.5 Å². The highest BCUT2D eigenvalue weighted by molar-refractivity contribution is 5.72. The number of aliphatic carboxylic acids is 1. The van der Waals surface area contributed by atoms with E-state index in [0.717, 1.165) is 0 Å². The summed E-state index contributed by atoms with van der Waals surface area (Å²) in [7, 11) is 0. The maximum absolute atomic E-state index is 12.6. The standard InChI is InChI=1S/C8H15FO3/c1-8(2,3)4-5(10)6(9)7(11)12/h5-6,10H,4H2,1-3H3,(H,11,12). The minimum atomic E-state index is -2.18. The molecule has 0 aromatic heterocycles. The van der Waals surface area contributed by atoms with Gasteiger partial charge in [0.1, 0.15) is 0 Å². The summed E-state index contributed by atoms with van der Waals surface area (Å²) in [6.07, 6.45) is -3.45. The largest absolute Gasteiger partial charge is 0.479 e. The first-order valence-electron chi connectivity index (χ1n) is 3.79. The summed E-state index contributed by atoms with van der Waals surface area (Å²) in [6.45, 7) is 5.43. The molecule has 0 heterocycles. The Labute approximate surface area is 71.2 Å². The monoisotopic (exact) mass is 178 g/mol. The van der Waals surface area contributed by atoms with E-state index in [1.54, 1.807) is 0 Å². The van der Waals surface area contributed by atoms with Crippen molar-refractivity contribution in [2.75, 3.05) is 0 Å². The molecular weight excluding hydrogens is 163 g/mol. The number of alkyl halides is 1. The summed E-state index contributed by atoms with van der Waals surface area (Å²) < 4.78 is 12.6. The van der Waals surface area contributed by atoms with Crippen LogP contribution in [0.5, 0.6) is 0 Å². The molecule has 3 nitrogen and oxygen atoms in total. The van der Waals surface area contributed by atoms with Crippen LogP contribution >= 0.6 is 0 Å². The lowest BCUT2D eigenvalue weighted by Gasteiger charge is -2.22. The number of aliphatic hydroxyl groups is 1. The number of hydrogen-bond donors (Lipinski definition) is 2.